The van der Waals surface area contributed by atoms with Gasteiger partial charge in [-0.3, -0.25) is 9.69 Å². The van der Waals surface area contributed by atoms with E-state index in [1.165, 1.54) is 12.8 Å². The minimum absolute atomic E-state index is 0. The fourth-order valence-corrected chi connectivity index (χ4v) is 3.47. The van der Waals surface area contributed by atoms with Crippen LogP contribution in [0.5, 0.6) is 0 Å². The van der Waals surface area contributed by atoms with Crippen LogP contribution in [-0.2, 0) is 4.79 Å². The Morgan fingerprint density at radius 3 is 2.60 bits per heavy atom. The van der Waals surface area contributed by atoms with E-state index in [0.29, 0.717) is 12.1 Å². The van der Waals surface area contributed by atoms with Crippen LogP contribution >= 0.6 is 24.8 Å². The largest absolute Gasteiger partial charge is 0.352 e. The van der Waals surface area contributed by atoms with Gasteiger partial charge in [-0.15, -0.1) is 24.8 Å². The maximum atomic E-state index is 12.2. The lowest BCUT2D eigenvalue weighted by molar-refractivity contribution is -0.126. The summed E-state index contributed by atoms with van der Waals surface area (Å²) < 4.78 is 0. The molecule has 3 unspecified atom stereocenters. The quantitative estimate of drug-likeness (QED) is 0.828. The highest BCUT2D eigenvalue weighted by molar-refractivity contribution is 5.85. The number of likely N-dealkylation sites (tertiary alicyclic amines) is 1. The van der Waals surface area contributed by atoms with Crippen molar-refractivity contribution in [1.82, 2.24) is 15.5 Å². The van der Waals surface area contributed by atoms with Crippen molar-refractivity contribution in [3.63, 3.8) is 0 Å². The molecular weight excluding hydrogens is 297 g/mol. The second-order valence-electron chi connectivity index (χ2n) is 6.26. The first-order valence-electron chi connectivity index (χ1n) is 7.51. The van der Waals surface area contributed by atoms with E-state index >= 15 is 0 Å². The van der Waals surface area contributed by atoms with Crippen LogP contribution in [0.15, 0.2) is 0 Å². The molecule has 0 aromatic carbocycles. The smallest absolute Gasteiger partial charge is 0.224 e. The second kappa shape index (κ2) is 7.83. The van der Waals surface area contributed by atoms with E-state index in [0.717, 1.165) is 44.9 Å². The van der Waals surface area contributed by atoms with Crippen LogP contribution in [0.2, 0.25) is 0 Å². The third-order valence-corrected chi connectivity index (χ3v) is 4.65. The molecule has 3 aliphatic rings. The average Bonchev–Trinajstić information content (AvgIpc) is 3.15. The Balaban J connectivity index is 0.000001000. The van der Waals surface area contributed by atoms with E-state index in [4.69, 9.17) is 0 Å². The molecule has 1 saturated carbocycles. The van der Waals surface area contributed by atoms with E-state index in [1.807, 2.05) is 0 Å². The Kier molecular flexibility index (Phi) is 7.06. The first-order chi connectivity index (χ1) is 8.74. The lowest BCUT2D eigenvalue weighted by Gasteiger charge is -2.24. The number of piperidine rings is 1. The molecule has 0 bridgehead atoms. The van der Waals surface area contributed by atoms with E-state index in [2.05, 4.69) is 22.5 Å². The minimum atomic E-state index is 0. The Morgan fingerprint density at radius 1 is 1.25 bits per heavy atom. The van der Waals surface area contributed by atoms with Crippen molar-refractivity contribution in [2.24, 2.45) is 5.92 Å². The molecule has 2 saturated heterocycles. The number of carbonyl (C=O) groups excluding carboxylic acids is 1. The summed E-state index contributed by atoms with van der Waals surface area (Å²) in [7, 11) is 0. The Labute approximate surface area is 134 Å². The Bertz CT molecular complexity index is 320. The molecule has 0 spiro atoms. The molecule has 0 aromatic rings. The maximum Gasteiger partial charge on any atom is 0.224 e. The first kappa shape index (κ1) is 18.0. The first-order valence-corrected chi connectivity index (χ1v) is 7.51. The molecule has 4 nitrogen and oxygen atoms in total. The van der Waals surface area contributed by atoms with Crippen molar-refractivity contribution in [1.29, 1.82) is 0 Å². The molecule has 3 rings (SSSR count). The minimum Gasteiger partial charge on any atom is -0.352 e. The van der Waals surface area contributed by atoms with Crippen LogP contribution in [0.1, 0.15) is 39.0 Å². The summed E-state index contributed by atoms with van der Waals surface area (Å²) in [6, 6.07) is 1.85. The summed E-state index contributed by atoms with van der Waals surface area (Å²) in [4.78, 5) is 14.8. The van der Waals surface area contributed by atoms with Crippen molar-refractivity contribution in [3.8, 4) is 0 Å². The van der Waals surface area contributed by atoms with Crippen LogP contribution in [0, 0.1) is 5.92 Å². The third kappa shape index (κ3) is 4.23. The van der Waals surface area contributed by atoms with Gasteiger partial charge in [-0.2, -0.15) is 0 Å². The summed E-state index contributed by atoms with van der Waals surface area (Å²) in [5.74, 6) is 0.473. The van der Waals surface area contributed by atoms with Gasteiger partial charge < -0.3 is 10.6 Å². The van der Waals surface area contributed by atoms with Crippen LogP contribution in [-0.4, -0.2) is 48.6 Å². The van der Waals surface area contributed by atoms with E-state index in [9.17, 15) is 4.79 Å². The molecule has 0 aromatic heterocycles. The summed E-state index contributed by atoms with van der Waals surface area (Å²) in [6.07, 6.45) is 6.03. The van der Waals surface area contributed by atoms with Crippen LogP contribution in [0.25, 0.3) is 0 Å². The standard InChI is InChI=1S/C14H25N3O.2ClH/c1-10-7-12(9-17(10)13-4-5-13)16-14(18)11-3-2-6-15-8-11;;/h10-13,15H,2-9H2,1H3,(H,16,18);2*1H. The van der Waals surface area contributed by atoms with Gasteiger partial charge in [-0.1, -0.05) is 0 Å². The molecule has 118 valence electrons. The van der Waals surface area contributed by atoms with Gasteiger partial charge in [0.05, 0.1) is 5.92 Å². The highest BCUT2D eigenvalue weighted by Crippen LogP contribution is 2.33. The van der Waals surface area contributed by atoms with Gasteiger partial charge in [0, 0.05) is 31.2 Å². The third-order valence-electron chi connectivity index (χ3n) is 4.65. The molecule has 2 N–H and O–H groups in total. The average molecular weight is 324 g/mol. The molecule has 3 atom stereocenters. The number of hydrogen-bond donors (Lipinski definition) is 2. The monoisotopic (exact) mass is 323 g/mol. The normalized spacial score (nSPS) is 34.0. The molecule has 20 heavy (non-hydrogen) atoms. The van der Waals surface area contributed by atoms with E-state index in [-0.39, 0.29) is 36.6 Å². The number of hydrogen-bond acceptors (Lipinski definition) is 3. The predicted molar refractivity (Wildman–Crippen MR) is 85.8 cm³/mol. The number of nitrogens with zero attached hydrogens (tertiary/aromatic N) is 1. The molecule has 0 radical (unpaired) electrons. The molecule has 1 amide bonds. The van der Waals surface area contributed by atoms with Gasteiger partial charge in [-0.25, -0.2) is 0 Å². The lowest BCUT2D eigenvalue weighted by atomic mass is 9.98. The zero-order chi connectivity index (χ0) is 12.5. The number of carbonyl (C=O) groups is 1. The summed E-state index contributed by atoms with van der Waals surface area (Å²) >= 11 is 0. The van der Waals surface area contributed by atoms with Crippen molar-refractivity contribution >= 4 is 30.7 Å². The Hall–Kier alpha value is -0.0300. The highest BCUT2D eigenvalue weighted by Gasteiger charge is 2.39. The second-order valence-corrected chi connectivity index (χ2v) is 6.26. The van der Waals surface area contributed by atoms with Crippen molar-refractivity contribution in [2.45, 2.75) is 57.2 Å². The van der Waals surface area contributed by atoms with Gasteiger partial charge in [0.2, 0.25) is 5.91 Å². The number of rotatable bonds is 3. The predicted octanol–water partition coefficient (Wildman–Crippen LogP) is 1.57. The summed E-state index contributed by atoms with van der Waals surface area (Å²) in [5.41, 5.74) is 0. The summed E-state index contributed by atoms with van der Waals surface area (Å²) in [5, 5.41) is 6.59. The molecule has 3 fully saturated rings. The fourth-order valence-electron chi connectivity index (χ4n) is 3.47. The van der Waals surface area contributed by atoms with E-state index < -0.39 is 0 Å². The fraction of sp³-hybridized carbons (Fsp3) is 0.929. The van der Waals surface area contributed by atoms with E-state index in [1.54, 1.807) is 0 Å². The molecule has 1 aliphatic carbocycles. The maximum absolute atomic E-state index is 12.2. The van der Waals surface area contributed by atoms with Crippen LogP contribution in [0.3, 0.4) is 0 Å². The zero-order valence-electron chi connectivity index (χ0n) is 12.1. The highest BCUT2D eigenvalue weighted by atomic mass is 35.5. The molecule has 2 aliphatic heterocycles. The van der Waals surface area contributed by atoms with Gasteiger partial charge in [0.15, 0.2) is 0 Å². The molecule has 2 heterocycles. The Morgan fingerprint density at radius 2 is 2.00 bits per heavy atom. The van der Waals surface area contributed by atoms with Crippen LogP contribution in [0.4, 0.5) is 0 Å². The number of amides is 1. The van der Waals surface area contributed by atoms with Gasteiger partial charge in [-0.05, 0) is 45.6 Å². The zero-order valence-corrected chi connectivity index (χ0v) is 13.8. The lowest BCUT2D eigenvalue weighted by Crippen LogP contribution is -2.45. The van der Waals surface area contributed by atoms with Crippen molar-refractivity contribution in [2.75, 3.05) is 19.6 Å². The molecular formula is C14H27Cl2N3O. The topological polar surface area (TPSA) is 44.4 Å². The molecule has 6 heteroatoms. The van der Waals surface area contributed by atoms with Crippen molar-refractivity contribution < 1.29 is 4.79 Å². The van der Waals surface area contributed by atoms with Gasteiger partial charge in [0.25, 0.3) is 0 Å². The number of halogens is 2. The van der Waals surface area contributed by atoms with Crippen molar-refractivity contribution in [3.05, 3.63) is 0 Å². The van der Waals surface area contributed by atoms with Gasteiger partial charge >= 0.3 is 0 Å². The number of nitrogens with one attached hydrogen (secondary N) is 2. The SMILES string of the molecule is CC1CC(NC(=O)C2CCCNC2)CN1C1CC1.Cl.Cl. The van der Waals surface area contributed by atoms with Crippen LogP contribution < -0.4 is 10.6 Å². The van der Waals surface area contributed by atoms with Gasteiger partial charge in [0.1, 0.15) is 0 Å². The summed E-state index contributed by atoms with van der Waals surface area (Å²) in [6.45, 7) is 5.30.